The second-order valence-electron chi connectivity index (χ2n) is 9.99. The lowest BCUT2D eigenvalue weighted by molar-refractivity contribution is -0.141. The topological polar surface area (TPSA) is 82.1 Å². The van der Waals surface area contributed by atoms with Crippen LogP contribution < -0.4 is 0 Å². The van der Waals surface area contributed by atoms with Crippen molar-refractivity contribution >= 4 is 15.9 Å². The Kier molecular flexibility index (Phi) is 7.89. The summed E-state index contributed by atoms with van der Waals surface area (Å²) < 4.78 is 43.1. The van der Waals surface area contributed by atoms with Crippen molar-refractivity contribution in [3.8, 4) is 0 Å². The number of benzene rings is 1. The van der Waals surface area contributed by atoms with Crippen molar-refractivity contribution in [2.75, 3.05) is 19.7 Å². The van der Waals surface area contributed by atoms with Crippen molar-refractivity contribution in [1.29, 1.82) is 0 Å². The molecular formula is C24H37NO6S. The minimum absolute atomic E-state index is 0.0211. The van der Waals surface area contributed by atoms with Gasteiger partial charge in [-0.15, -0.1) is 0 Å². The fraction of sp³-hybridized carbons (Fsp3) is 0.708. The quantitative estimate of drug-likeness (QED) is 0.582. The highest BCUT2D eigenvalue weighted by Crippen LogP contribution is 2.43. The molecule has 0 aromatic heterocycles. The maximum atomic E-state index is 13.2. The van der Waals surface area contributed by atoms with Gasteiger partial charge in [0.05, 0.1) is 22.8 Å². The number of methoxy groups -OCH3 is 1. The number of carbonyl (C=O) groups excluding carboxylic acids is 1. The summed E-state index contributed by atoms with van der Waals surface area (Å²) in [6, 6.07) is 8.36. The Morgan fingerprint density at radius 1 is 1.16 bits per heavy atom. The molecule has 32 heavy (non-hydrogen) atoms. The molecule has 180 valence electrons. The Labute approximate surface area is 192 Å². The van der Waals surface area contributed by atoms with Gasteiger partial charge in [0.2, 0.25) is 0 Å². The van der Waals surface area contributed by atoms with Gasteiger partial charge in [0.1, 0.15) is 12.4 Å². The van der Waals surface area contributed by atoms with Crippen molar-refractivity contribution in [1.82, 2.24) is 4.90 Å². The number of nitrogens with zero attached hydrogens (tertiary/aromatic N) is 1. The van der Waals surface area contributed by atoms with Crippen molar-refractivity contribution < 1.29 is 27.4 Å². The highest BCUT2D eigenvalue weighted by molar-refractivity contribution is 7.91. The molecule has 0 radical (unpaired) electrons. The van der Waals surface area contributed by atoms with E-state index in [2.05, 4.69) is 0 Å². The van der Waals surface area contributed by atoms with Crippen LogP contribution in [0.3, 0.4) is 0 Å². The van der Waals surface area contributed by atoms with Gasteiger partial charge in [0.25, 0.3) is 0 Å². The van der Waals surface area contributed by atoms with Crippen LogP contribution in [-0.2, 0) is 24.0 Å². The molecular weight excluding hydrogens is 430 g/mol. The van der Waals surface area contributed by atoms with E-state index in [1.54, 1.807) is 36.3 Å². The second-order valence-corrected chi connectivity index (χ2v) is 12.0. The number of sulfone groups is 1. The van der Waals surface area contributed by atoms with Crippen LogP contribution >= 0.6 is 0 Å². The van der Waals surface area contributed by atoms with Crippen LogP contribution in [0.1, 0.15) is 53.4 Å². The van der Waals surface area contributed by atoms with Gasteiger partial charge in [-0.2, -0.15) is 0 Å². The molecule has 0 bridgehead atoms. The zero-order valence-electron chi connectivity index (χ0n) is 19.8. The Morgan fingerprint density at radius 2 is 1.84 bits per heavy atom. The number of rotatable bonds is 6. The van der Waals surface area contributed by atoms with Gasteiger partial charge in [-0.25, -0.2) is 13.2 Å². The van der Waals surface area contributed by atoms with E-state index in [4.69, 9.17) is 14.2 Å². The number of carbonyl (C=O) groups is 1. The largest absolute Gasteiger partial charge is 0.444 e. The molecule has 1 heterocycles. The van der Waals surface area contributed by atoms with E-state index < -0.39 is 15.4 Å². The molecule has 1 aromatic rings. The zero-order valence-corrected chi connectivity index (χ0v) is 20.6. The minimum atomic E-state index is -3.43. The van der Waals surface area contributed by atoms with E-state index in [1.807, 2.05) is 33.8 Å². The van der Waals surface area contributed by atoms with Crippen LogP contribution in [0.2, 0.25) is 0 Å². The summed E-state index contributed by atoms with van der Waals surface area (Å²) in [4.78, 5) is 15.4. The number of likely N-dealkylation sites (tertiary alicyclic amines) is 1. The normalized spacial score (nSPS) is 28.8. The molecule has 7 nitrogen and oxygen atoms in total. The summed E-state index contributed by atoms with van der Waals surface area (Å²) in [5.41, 5.74) is -0.614. The average molecular weight is 468 g/mol. The molecule has 2 aliphatic rings. The predicted molar refractivity (Wildman–Crippen MR) is 122 cm³/mol. The number of hydrogen-bond donors (Lipinski definition) is 0. The third-order valence-electron chi connectivity index (χ3n) is 6.55. The van der Waals surface area contributed by atoms with Gasteiger partial charge >= 0.3 is 6.09 Å². The molecule has 0 spiro atoms. The highest BCUT2D eigenvalue weighted by Gasteiger charge is 2.49. The van der Waals surface area contributed by atoms with Crippen molar-refractivity contribution in [2.24, 2.45) is 11.8 Å². The van der Waals surface area contributed by atoms with Crippen molar-refractivity contribution in [3.05, 3.63) is 30.3 Å². The van der Waals surface area contributed by atoms with E-state index in [1.165, 1.54) is 0 Å². The maximum Gasteiger partial charge on any atom is 0.410 e. The third-order valence-corrected chi connectivity index (χ3v) is 8.41. The number of amides is 1. The van der Waals surface area contributed by atoms with E-state index in [0.717, 1.165) is 19.3 Å². The lowest BCUT2D eigenvalue weighted by atomic mass is 9.70. The van der Waals surface area contributed by atoms with Gasteiger partial charge in [-0.05, 0) is 70.9 Å². The molecule has 8 heteroatoms. The zero-order chi connectivity index (χ0) is 23.5. The molecule has 1 aliphatic heterocycles. The van der Waals surface area contributed by atoms with Gasteiger partial charge < -0.3 is 14.2 Å². The summed E-state index contributed by atoms with van der Waals surface area (Å²) in [6.07, 6.45) is 2.63. The van der Waals surface area contributed by atoms with Crippen LogP contribution in [0.5, 0.6) is 0 Å². The molecule has 2 fully saturated rings. The molecule has 1 amide bonds. The van der Waals surface area contributed by atoms with Gasteiger partial charge in [-0.1, -0.05) is 24.6 Å². The van der Waals surface area contributed by atoms with E-state index in [9.17, 15) is 13.2 Å². The van der Waals surface area contributed by atoms with Crippen molar-refractivity contribution in [2.45, 2.75) is 82.1 Å². The molecule has 1 saturated carbocycles. The summed E-state index contributed by atoms with van der Waals surface area (Å²) in [5.74, 6) is 0.0453. The minimum Gasteiger partial charge on any atom is -0.444 e. The number of piperidine rings is 1. The molecule has 1 aliphatic carbocycles. The maximum absolute atomic E-state index is 13.2. The standard InChI is InChI=1S/C24H37NO6S/c1-17-22(30-16-29-5)14-20-18(15-32(27,28)19-11-7-6-8-12-19)10-9-13-21(20)25(17)23(26)31-24(2,3)4/h6-8,11-12,17-18,20-22H,9-10,13-16H2,1-5H3/t17-,18-,20-,21+,22-/m0/s1. The molecule has 3 rings (SSSR count). The summed E-state index contributed by atoms with van der Waals surface area (Å²) >= 11 is 0. The Bertz CT molecular complexity index is 866. The van der Waals surface area contributed by atoms with Crippen LogP contribution in [0.15, 0.2) is 35.2 Å². The van der Waals surface area contributed by atoms with Gasteiger partial charge in [-0.3, -0.25) is 4.90 Å². The van der Waals surface area contributed by atoms with E-state index in [0.29, 0.717) is 11.3 Å². The number of hydrogen-bond acceptors (Lipinski definition) is 6. The molecule has 5 atom stereocenters. The van der Waals surface area contributed by atoms with Crippen LogP contribution in [0.4, 0.5) is 4.79 Å². The molecule has 1 aromatic carbocycles. The summed E-state index contributed by atoms with van der Waals surface area (Å²) in [5, 5.41) is 0. The first-order valence-corrected chi connectivity index (χ1v) is 13.1. The van der Waals surface area contributed by atoms with E-state index >= 15 is 0 Å². The molecule has 0 N–H and O–H groups in total. The average Bonchev–Trinajstić information content (AvgIpc) is 2.71. The first-order chi connectivity index (χ1) is 15.0. The summed E-state index contributed by atoms with van der Waals surface area (Å²) in [6.45, 7) is 7.66. The second kappa shape index (κ2) is 10.1. The smallest absolute Gasteiger partial charge is 0.410 e. The number of ether oxygens (including phenoxy) is 3. The third kappa shape index (κ3) is 5.83. The summed E-state index contributed by atoms with van der Waals surface area (Å²) in [7, 11) is -1.86. The van der Waals surface area contributed by atoms with Crippen LogP contribution in [-0.4, -0.2) is 62.9 Å². The predicted octanol–water partition coefficient (Wildman–Crippen LogP) is 4.26. The van der Waals surface area contributed by atoms with Gasteiger partial charge in [0, 0.05) is 13.2 Å². The van der Waals surface area contributed by atoms with E-state index in [-0.39, 0.29) is 48.7 Å². The van der Waals surface area contributed by atoms with Crippen LogP contribution in [0.25, 0.3) is 0 Å². The first kappa shape index (κ1) is 25.0. The fourth-order valence-corrected chi connectivity index (χ4v) is 6.91. The Balaban J connectivity index is 1.88. The molecule has 0 unspecified atom stereocenters. The lowest BCUT2D eigenvalue weighted by Gasteiger charge is -2.52. The number of fused-ring (bicyclic) bond motifs is 1. The Hall–Kier alpha value is -1.64. The van der Waals surface area contributed by atoms with Gasteiger partial charge in [0.15, 0.2) is 9.84 Å². The fourth-order valence-electron chi connectivity index (χ4n) is 5.16. The SMILES string of the molecule is COCO[C@H]1C[C@H]2[C@H](CS(=O)(=O)c3ccccc3)CCC[C@H]2N(C(=O)OC(C)(C)C)[C@H]1C. The van der Waals surface area contributed by atoms with Crippen LogP contribution in [0, 0.1) is 11.8 Å². The monoisotopic (exact) mass is 467 g/mol. The highest BCUT2D eigenvalue weighted by atomic mass is 32.2. The molecule has 1 saturated heterocycles. The lowest BCUT2D eigenvalue weighted by Crippen LogP contribution is -2.62. The Morgan fingerprint density at radius 3 is 2.47 bits per heavy atom. The van der Waals surface area contributed by atoms with Crippen molar-refractivity contribution in [3.63, 3.8) is 0 Å². The first-order valence-electron chi connectivity index (χ1n) is 11.4.